The Bertz CT molecular complexity index is 905. The van der Waals surface area contributed by atoms with Crippen molar-refractivity contribution in [2.24, 2.45) is 0 Å². The van der Waals surface area contributed by atoms with E-state index < -0.39 is 0 Å². The molecule has 25 heavy (non-hydrogen) atoms. The summed E-state index contributed by atoms with van der Waals surface area (Å²) in [5.41, 5.74) is 8.16. The number of fused-ring (bicyclic) bond motifs is 1. The fourth-order valence-electron chi connectivity index (χ4n) is 2.87. The molecule has 0 saturated heterocycles. The molecule has 2 aromatic heterocycles. The van der Waals surface area contributed by atoms with Gasteiger partial charge in [-0.05, 0) is 12.1 Å². The van der Waals surface area contributed by atoms with Gasteiger partial charge in [0.2, 0.25) is 0 Å². The average Bonchev–Trinajstić information content (AvgIpc) is 3.12. The number of hydrogen-bond donors (Lipinski definition) is 2. The number of rotatable bonds is 2. The number of amides is 2. The lowest BCUT2D eigenvalue weighted by atomic mass is 10.1. The number of carbonyl (C=O) groups is 1. The largest absolute Gasteiger partial charge is 0.396 e. The first-order chi connectivity index (χ1) is 12.2. The fraction of sp³-hybridized carbons (Fsp3) is 0.167. The number of nitrogens with one attached hydrogen (secondary N) is 1. The van der Waals surface area contributed by atoms with Crippen LogP contribution in [-0.4, -0.2) is 32.0 Å². The highest BCUT2D eigenvalue weighted by Crippen LogP contribution is 2.23. The molecule has 0 atom stereocenters. The number of hydrogen-bond acceptors (Lipinski definition) is 4. The molecule has 1 aromatic carbocycles. The van der Waals surface area contributed by atoms with E-state index in [0.29, 0.717) is 24.6 Å². The molecule has 0 spiro atoms. The van der Waals surface area contributed by atoms with E-state index in [1.54, 1.807) is 17.2 Å². The van der Waals surface area contributed by atoms with E-state index in [-0.39, 0.29) is 6.03 Å². The number of benzene rings is 1. The third-order valence-corrected chi connectivity index (χ3v) is 4.25. The standard InChI is InChI=1S/C18H18N6O/c19-14-6-7-15(13-4-2-1-3-5-13)21-17(14)22-18(25)24-11-10-23-9-8-20-16(23)12-24/h1-9H,10-12,19H2,(H,21,22,25). The first kappa shape index (κ1) is 15.2. The normalized spacial score (nSPS) is 13.4. The van der Waals surface area contributed by atoms with Gasteiger partial charge < -0.3 is 15.2 Å². The summed E-state index contributed by atoms with van der Waals surface area (Å²) < 4.78 is 2.05. The van der Waals surface area contributed by atoms with Gasteiger partial charge in [0.05, 0.1) is 17.9 Å². The maximum Gasteiger partial charge on any atom is 0.323 e. The van der Waals surface area contributed by atoms with Gasteiger partial charge in [-0.25, -0.2) is 14.8 Å². The molecule has 1 aliphatic heterocycles. The van der Waals surface area contributed by atoms with Crippen LogP contribution in [0.4, 0.5) is 16.3 Å². The molecule has 1 aliphatic rings. The van der Waals surface area contributed by atoms with Gasteiger partial charge >= 0.3 is 6.03 Å². The minimum atomic E-state index is -0.223. The molecule has 0 saturated carbocycles. The van der Waals surface area contributed by atoms with Crippen LogP contribution >= 0.6 is 0 Å². The second-order valence-corrected chi connectivity index (χ2v) is 5.89. The van der Waals surface area contributed by atoms with Crippen molar-refractivity contribution < 1.29 is 4.79 Å². The van der Waals surface area contributed by atoms with Gasteiger partial charge in [0, 0.05) is 31.0 Å². The Kier molecular flexibility index (Phi) is 3.81. The molecule has 126 valence electrons. The first-order valence-corrected chi connectivity index (χ1v) is 8.08. The van der Waals surface area contributed by atoms with Gasteiger partial charge in [0.15, 0.2) is 5.82 Å². The molecule has 0 unspecified atom stereocenters. The van der Waals surface area contributed by atoms with Crippen molar-refractivity contribution in [2.75, 3.05) is 17.6 Å². The summed E-state index contributed by atoms with van der Waals surface area (Å²) in [7, 11) is 0. The molecule has 2 amide bonds. The van der Waals surface area contributed by atoms with Gasteiger partial charge in [-0.2, -0.15) is 0 Å². The zero-order valence-electron chi connectivity index (χ0n) is 13.6. The van der Waals surface area contributed by atoms with Crippen molar-refractivity contribution in [1.82, 2.24) is 19.4 Å². The Balaban J connectivity index is 1.53. The third-order valence-electron chi connectivity index (χ3n) is 4.25. The smallest absolute Gasteiger partial charge is 0.323 e. The molecule has 7 nitrogen and oxygen atoms in total. The van der Waals surface area contributed by atoms with Crippen LogP contribution in [0, 0.1) is 0 Å². The van der Waals surface area contributed by atoms with Crippen molar-refractivity contribution >= 4 is 17.5 Å². The van der Waals surface area contributed by atoms with Crippen LogP contribution in [0.15, 0.2) is 54.9 Å². The van der Waals surface area contributed by atoms with Crippen molar-refractivity contribution in [2.45, 2.75) is 13.1 Å². The molecule has 3 heterocycles. The quantitative estimate of drug-likeness (QED) is 0.754. The number of nitrogens with zero attached hydrogens (tertiary/aromatic N) is 4. The predicted octanol–water partition coefficient (Wildman–Crippen LogP) is 2.58. The van der Waals surface area contributed by atoms with E-state index in [0.717, 1.165) is 23.6 Å². The van der Waals surface area contributed by atoms with Gasteiger partial charge in [-0.15, -0.1) is 0 Å². The topological polar surface area (TPSA) is 89.1 Å². The van der Waals surface area contributed by atoms with Gasteiger partial charge in [-0.3, -0.25) is 5.32 Å². The maximum absolute atomic E-state index is 12.6. The van der Waals surface area contributed by atoms with E-state index in [2.05, 4.69) is 15.3 Å². The van der Waals surface area contributed by atoms with Crippen LogP contribution in [-0.2, 0) is 13.1 Å². The molecule has 0 radical (unpaired) electrons. The highest BCUT2D eigenvalue weighted by molar-refractivity contribution is 5.91. The van der Waals surface area contributed by atoms with Crippen LogP contribution in [0.1, 0.15) is 5.82 Å². The number of pyridine rings is 1. The zero-order chi connectivity index (χ0) is 17.2. The van der Waals surface area contributed by atoms with Crippen molar-refractivity contribution in [1.29, 1.82) is 0 Å². The second-order valence-electron chi connectivity index (χ2n) is 5.89. The fourth-order valence-corrected chi connectivity index (χ4v) is 2.87. The summed E-state index contributed by atoms with van der Waals surface area (Å²) in [6.07, 6.45) is 3.67. The lowest BCUT2D eigenvalue weighted by molar-refractivity contribution is 0.195. The number of nitrogens with two attached hydrogens (primary N) is 1. The Morgan fingerprint density at radius 2 is 1.96 bits per heavy atom. The predicted molar refractivity (Wildman–Crippen MR) is 95.7 cm³/mol. The van der Waals surface area contributed by atoms with Crippen LogP contribution in [0.3, 0.4) is 0 Å². The summed E-state index contributed by atoms with van der Waals surface area (Å²) in [6.45, 7) is 1.82. The number of anilines is 2. The second kappa shape index (κ2) is 6.27. The summed E-state index contributed by atoms with van der Waals surface area (Å²) >= 11 is 0. The third kappa shape index (κ3) is 3.03. The summed E-state index contributed by atoms with van der Waals surface area (Å²) in [6, 6.07) is 13.2. The Hall–Kier alpha value is -3.35. The summed E-state index contributed by atoms with van der Waals surface area (Å²) in [5, 5.41) is 2.83. The van der Waals surface area contributed by atoms with Crippen LogP contribution in [0.5, 0.6) is 0 Å². The lowest BCUT2D eigenvalue weighted by Crippen LogP contribution is -2.41. The minimum absolute atomic E-state index is 0.223. The van der Waals surface area contributed by atoms with Gasteiger partial charge in [0.1, 0.15) is 5.82 Å². The van der Waals surface area contributed by atoms with Crippen LogP contribution in [0.2, 0.25) is 0 Å². The number of carbonyl (C=O) groups excluding carboxylic acids is 1. The molecular formula is C18H18N6O. The zero-order valence-corrected chi connectivity index (χ0v) is 13.6. The van der Waals surface area contributed by atoms with E-state index in [9.17, 15) is 4.79 Å². The highest BCUT2D eigenvalue weighted by atomic mass is 16.2. The molecule has 0 fully saturated rings. The monoisotopic (exact) mass is 334 g/mol. The Labute approximate surface area is 145 Å². The molecule has 4 rings (SSSR count). The van der Waals surface area contributed by atoms with E-state index in [1.807, 2.05) is 47.2 Å². The van der Waals surface area contributed by atoms with E-state index in [1.165, 1.54) is 0 Å². The SMILES string of the molecule is Nc1ccc(-c2ccccc2)nc1NC(=O)N1CCn2ccnc2C1. The number of nitrogen functional groups attached to an aromatic ring is 1. The van der Waals surface area contributed by atoms with Crippen molar-refractivity contribution in [3.05, 3.63) is 60.7 Å². The van der Waals surface area contributed by atoms with E-state index >= 15 is 0 Å². The molecule has 7 heteroatoms. The van der Waals surface area contributed by atoms with Crippen molar-refractivity contribution in [3.8, 4) is 11.3 Å². The van der Waals surface area contributed by atoms with Gasteiger partial charge in [-0.1, -0.05) is 30.3 Å². The van der Waals surface area contributed by atoms with Crippen LogP contribution in [0.25, 0.3) is 11.3 Å². The van der Waals surface area contributed by atoms with E-state index in [4.69, 9.17) is 5.73 Å². The van der Waals surface area contributed by atoms with Crippen LogP contribution < -0.4 is 11.1 Å². The maximum atomic E-state index is 12.6. The number of urea groups is 1. The summed E-state index contributed by atoms with van der Waals surface area (Å²) in [5.74, 6) is 1.25. The molecular weight excluding hydrogens is 316 g/mol. The Morgan fingerprint density at radius 1 is 1.12 bits per heavy atom. The number of imidazole rings is 1. The lowest BCUT2D eigenvalue weighted by Gasteiger charge is -2.27. The average molecular weight is 334 g/mol. The molecule has 0 bridgehead atoms. The molecule has 3 aromatic rings. The number of aromatic nitrogens is 3. The Morgan fingerprint density at radius 3 is 2.80 bits per heavy atom. The summed E-state index contributed by atoms with van der Waals surface area (Å²) in [4.78, 5) is 23.1. The molecule has 3 N–H and O–H groups in total. The molecule has 0 aliphatic carbocycles. The van der Waals surface area contributed by atoms with Gasteiger partial charge in [0.25, 0.3) is 0 Å². The highest BCUT2D eigenvalue weighted by Gasteiger charge is 2.22. The minimum Gasteiger partial charge on any atom is -0.396 e. The van der Waals surface area contributed by atoms with Crippen molar-refractivity contribution in [3.63, 3.8) is 0 Å². The first-order valence-electron chi connectivity index (χ1n) is 8.08.